The highest BCUT2D eigenvalue weighted by molar-refractivity contribution is 5.93. The lowest BCUT2D eigenvalue weighted by atomic mass is 9.85. The minimum Gasteiger partial charge on any atom is -0.489 e. The number of carbonyl (C=O) groups is 1. The van der Waals surface area contributed by atoms with Gasteiger partial charge in [-0.25, -0.2) is 0 Å². The maximum Gasteiger partial charge on any atom is 0.227 e. The van der Waals surface area contributed by atoms with Gasteiger partial charge < -0.3 is 15.0 Å². The van der Waals surface area contributed by atoms with Crippen LogP contribution in [0.5, 0.6) is 5.75 Å². The molecule has 0 atom stereocenters. The standard InChI is InChI=1S/C14H18N2O2/c1-16-7-8-18-13-9-11(5-6-12(13)16)15-14(17)10-3-2-4-10/h5-6,9-10H,2-4,7-8H2,1H3,(H,15,17). The van der Waals surface area contributed by atoms with Gasteiger partial charge in [-0.1, -0.05) is 6.42 Å². The molecule has 1 saturated carbocycles. The van der Waals surface area contributed by atoms with Gasteiger partial charge in [0, 0.05) is 24.7 Å². The van der Waals surface area contributed by atoms with Crippen molar-refractivity contribution in [2.24, 2.45) is 5.92 Å². The van der Waals surface area contributed by atoms with Gasteiger partial charge in [-0.05, 0) is 25.0 Å². The fraction of sp³-hybridized carbons (Fsp3) is 0.500. The SMILES string of the molecule is CN1CCOc2cc(NC(=O)C3CCC3)ccc21. The van der Waals surface area contributed by atoms with Crippen LogP contribution in [0.15, 0.2) is 18.2 Å². The molecule has 0 spiro atoms. The van der Waals surface area contributed by atoms with Gasteiger partial charge in [-0.15, -0.1) is 0 Å². The Hall–Kier alpha value is -1.71. The van der Waals surface area contributed by atoms with Crippen molar-refractivity contribution in [3.05, 3.63) is 18.2 Å². The summed E-state index contributed by atoms with van der Waals surface area (Å²) in [7, 11) is 2.05. The van der Waals surface area contributed by atoms with Crippen LogP contribution in [-0.4, -0.2) is 26.1 Å². The van der Waals surface area contributed by atoms with E-state index in [1.165, 1.54) is 6.42 Å². The molecule has 1 fully saturated rings. The van der Waals surface area contributed by atoms with Crippen molar-refractivity contribution < 1.29 is 9.53 Å². The van der Waals surface area contributed by atoms with Crippen LogP contribution in [-0.2, 0) is 4.79 Å². The Bertz CT molecular complexity index is 469. The number of rotatable bonds is 2. The lowest BCUT2D eigenvalue weighted by molar-refractivity contribution is -0.122. The Labute approximate surface area is 107 Å². The Morgan fingerprint density at radius 2 is 2.28 bits per heavy atom. The third kappa shape index (κ3) is 2.03. The number of anilines is 2. The number of hydrogen-bond donors (Lipinski definition) is 1. The van der Waals surface area contributed by atoms with E-state index >= 15 is 0 Å². The van der Waals surface area contributed by atoms with Crippen LogP contribution in [0, 0.1) is 5.92 Å². The van der Waals surface area contributed by atoms with E-state index in [4.69, 9.17) is 4.74 Å². The molecule has 4 nitrogen and oxygen atoms in total. The monoisotopic (exact) mass is 246 g/mol. The van der Waals surface area contributed by atoms with Crippen LogP contribution in [0.1, 0.15) is 19.3 Å². The molecule has 1 heterocycles. The highest BCUT2D eigenvalue weighted by atomic mass is 16.5. The van der Waals surface area contributed by atoms with E-state index in [2.05, 4.69) is 10.2 Å². The lowest BCUT2D eigenvalue weighted by Gasteiger charge is -2.28. The molecule has 1 amide bonds. The van der Waals surface area contributed by atoms with Gasteiger partial charge in [-0.2, -0.15) is 0 Å². The summed E-state index contributed by atoms with van der Waals surface area (Å²) in [6, 6.07) is 5.87. The first-order valence-corrected chi connectivity index (χ1v) is 6.53. The van der Waals surface area contributed by atoms with Crippen LogP contribution in [0.2, 0.25) is 0 Å². The topological polar surface area (TPSA) is 41.6 Å². The smallest absolute Gasteiger partial charge is 0.227 e. The molecular formula is C14H18N2O2. The van der Waals surface area contributed by atoms with E-state index in [1.807, 2.05) is 25.2 Å². The van der Waals surface area contributed by atoms with E-state index in [1.54, 1.807) is 0 Å². The van der Waals surface area contributed by atoms with E-state index < -0.39 is 0 Å². The van der Waals surface area contributed by atoms with E-state index in [0.717, 1.165) is 36.5 Å². The molecule has 1 aromatic rings. The fourth-order valence-electron chi connectivity index (χ4n) is 2.35. The molecule has 1 N–H and O–H groups in total. The quantitative estimate of drug-likeness (QED) is 0.870. The maximum absolute atomic E-state index is 11.9. The van der Waals surface area contributed by atoms with Crippen molar-refractivity contribution in [3.8, 4) is 5.75 Å². The van der Waals surface area contributed by atoms with E-state index in [9.17, 15) is 4.79 Å². The summed E-state index contributed by atoms with van der Waals surface area (Å²) in [5, 5.41) is 2.97. The minimum atomic E-state index is 0.144. The molecule has 0 bridgehead atoms. The first kappa shape index (κ1) is 11.4. The van der Waals surface area contributed by atoms with Crippen LogP contribution >= 0.6 is 0 Å². The number of carbonyl (C=O) groups excluding carboxylic acids is 1. The van der Waals surface area contributed by atoms with Gasteiger partial charge in [0.25, 0.3) is 0 Å². The predicted molar refractivity (Wildman–Crippen MR) is 71.2 cm³/mol. The third-order valence-electron chi connectivity index (χ3n) is 3.80. The molecule has 0 unspecified atom stereocenters. The second kappa shape index (κ2) is 4.52. The molecule has 3 rings (SSSR count). The van der Waals surface area contributed by atoms with Gasteiger partial charge in [0.15, 0.2) is 0 Å². The predicted octanol–water partition coefficient (Wildman–Crippen LogP) is 2.25. The summed E-state index contributed by atoms with van der Waals surface area (Å²) >= 11 is 0. The van der Waals surface area contributed by atoms with Crippen molar-refractivity contribution in [2.45, 2.75) is 19.3 Å². The van der Waals surface area contributed by atoms with Gasteiger partial charge >= 0.3 is 0 Å². The van der Waals surface area contributed by atoms with Gasteiger partial charge in [-0.3, -0.25) is 4.79 Å². The number of nitrogens with one attached hydrogen (secondary N) is 1. The zero-order valence-electron chi connectivity index (χ0n) is 10.6. The molecule has 0 aromatic heterocycles. The number of hydrogen-bond acceptors (Lipinski definition) is 3. The summed E-state index contributed by atoms with van der Waals surface area (Å²) in [5.41, 5.74) is 1.92. The molecule has 1 aliphatic heterocycles. The molecule has 0 saturated heterocycles. The summed E-state index contributed by atoms with van der Waals surface area (Å²) in [5.74, 6) is 1.21. The molecule has 18 heavy (non-hydrogen) atoms. The number of amides is 1. The summed E-state index contributed by atoms with van der Waals surface area (Å²) < 4.78 is 5.62. The fourth-order valence-corrected chi connectivity index (χ4v) is 2.35. The van der Waals surface area contributed by atoms with Crippen molar-refractivity contribution in [2.75, 3.05) is 30.4 Å². The Kier molecular flexibility index (Phi) is 2.86. The average Bonchev–Trinajstić information content (AvgIpc) is 2.26. The van der Waals surface area contributed by atoms with Gasteiger partial charge in [0.05, 0.1) is 12.2 Å². The maximum atomic E-state index is 11.9. The van der Waals surface area contributed by atoms with Crippen molar-refractivity contribution in [1.29, 1.82) is 0 Å². The first-order chi connectivity index (χ1) is 8.74. The van der Waals surface area contributed by atoms with Crippen LogP contribution in [0.4, 0.5) is 11.4 Å². The molecule has 1 aromatic carbocycles. The average molecular weight is 246 g/mol. The van der Waals surface area contributed by atoms with Crippen LogP contribution < -0.4 is 15.0 Å². The van der Waals surface area contributed by atoms with Crippen molar-refractivity contribution in [3.63, 3.8) is 0 Å². The Morgan fingerprint density at radius 1 is 1.44 bits per heavy atom. The second-order valence-corrected chi connectivity index (χ2v) is 5.07. The second-order valence-electron chi connectivity index (χ2n) is 5.07. The van der Waals surface area contributed by atoms with Crippen LogP contribution in [0.25, 0.3) is 0 Å². The van der Waals surface area contributed by atoms with E-state index in [-0.39, 0.29) is 11.8 Å². The van der Waals surface area contributed by atoms with Gasteiger partial charge in [0.1, 0.15) is 12.4 Å². The first-order valence-electron chi connectivity index (χ1n) is 6.53. The number of ether oxygens (including phenoxy) is 1. The number of benzene rings is 1. The Morgan fingerprint density at radius 3 is 3.00 bits per heavy atom. The summed E-state index contributed by atoms with van der Waals surface area (Å²) in [6.45, 7) is 1.60. The molecule has 0 radical (unpaired) electrons. The minimum absolute atomic E-state index is 0.144. The normalized spacial score (nSPS) is 18.6. The van der Waals surface area contributed by atoms with Gasteiger partial charge in [0.2, 0.25) is 5.91 Å². The largest absolute Gasteiger partial charge is 0.489 e. The van der Waals surface area contributed by atoms with Crippen molar-refractivity contribution in [1.82, 2.24) is 0 Å². The Balaban J connectivity index is 1.75. The third-order valence-corrected chi connectivity index (χ3v) is 3.80. The van der Waals surface area contributed by atoms with Crippen LogP contribution in [0.3, 0.4) is 0 Å². The molecule has 1 aliphatic carbocycles. The summed E-state index contributed by atoms with van der Waals surface area (Å²) in [6.07, 6.45) is 3.22. The zero-order chi connectivity index (χ0) is 12.5. The number of fused-ring (bicyclic) bond motifs is 1. The van der Waals surface area contributed by atoms with Crippen molar-refractivity contribution >= 4 is 17.3 Å². The number of nitrogens with zero attached hydrogens (tertiary/aromatic N) is 1. The molecule has 96 valence electrons. The molecule has 4 heteroatoms. The lowest BCUT2D eigenvalue weighted by Crippen LogP contribution is -2.29. The van der Waals surface area contributed by atoms with E-state index in [0.29, 0.717) is 6.61 Å². The zero-order valence-corrected chi connectivity index (χ0v) is 10.6. The molecule has 2 aliphatic rings. The highest BCUT2D eigenvalue weighted by Gasteiger charge is 2.25. The molecular weight excluding hydrogens is 228 g/mol. The highest BCUT2D eigenvalue weighted by Crippen LogP contribution is 2.34. The summed E-state index contributed by atoms with van der Waals surface area (Å²) in [4.78, 5) is 14.0. The number of likely N-dealkylation sites (N-methyl/N-ethyl adjacent to an activating group) is 1.